The molecule has 0 spiro atoms. The van der Waals surface area contributed by atoms with Gasteiger partial charge in [-0.1, -0.05) is 18.2 Å². The number of hydrogen-bond donors (Lipinski definition) is 2. The average molecular weight is 380 g/mol. The van der Waals surface area contributed by atoms with Gasteiger partial charge in [0.1, 0.15) is 28.9 Å². The van der Waals surface area contributed by atoms with Gasteiger partial charge in [-0.25, -0.2) is 14.4 Å². The summed E-state index contributed by atoms with van der Waals surface area (Å²) in [5.74, 6) is 0.631. The molecule has 0 fully saturated rings. The van der Waals surface area contributed by atoms with Crippen molar-refractivity contribution < 1.29 is 13.9 Å². The maximum Gasteiger partial charge on any atom is 0.274 e. The lowest BCUT2D eigenvalue weighted by Gasteiger charge is -2.15. The predicted molar refractivity (Wildman–Crippen MR) is 107 cm³/mol. The van der Waals surface area contributed by atoms with E-state index in [1.54, 1.807) is 31.2 Å². The number of aryl methyl sites for hydroxylation is 1. The Hall–Kier alpha value is -3.48. The Morgan fingerprint density at radius 1 is 1.07 bits per heavy atom. The molecule has 0 bridgehead atoms. The van der Waals surface area contributed by atoms with Crippen LogP contribution < -0.4 is 15.4 Å². The second-order valence-corrected chi connectivity index (χ2v) is 6.44. The van der Waals surface area contributed by atoms with E-state index < -0.39 is 5.91 Å². The van der Waals surface area contributed by atoms with Gasteiger partial charge in [0.25, 0.3) is 5.91 Å². The fourth-order valence-corrected chi connectivity index (χ4v) is 2.58. The van der Waals surface area contributed by atoms with Gasteiger partial charge in [-0.2, -0.15) is 0 Å². The number of nitrogens with one attached hydrogen (secondary N) is 2. The number of rotatable bonds is 6. The van der Waals surface area contributed by atoms with Crippen LogP contribution in [0.15, 0.2) is 54.6 Å². The standard InChI is InChI=1S/C21H21FN4O2/c1-13(2)28-19-10-5-4-9-17(19)26-21(27)18-12-20(24-14(3)23-18)25-16-8-6-7-15(22)11-16/h4-13H,1-3H3,(H,26,27)(H,23,24,25). The van der Waals surface area contributed by atoms with Gasteiger partial charge in [-0.15, -0.1) is 0 Å². The molecule has 1 aromatic heterocycles. The Labute approximate surface area is 162 Å². The summed E-state index contributed by atoms with van der Waals surface area (Å²) in [5.41, 5.74) is 1.27. The van der Waals surface area contributed by atoms with Crippen molar-refractivity contribution in [1.82, 2.24) is 9.97 Å². The highest BCUT2D eigenvalue weighted by Crippen LogP contribution is 2.25. The first-order chi connectivity index (χ1) is 13.4. The van der Waals surface area contributed by atoms with Crippen LogP contribution in [-0.2, 0) is 0 Å². The number of ether oxygens (including phenoxy) is 1. The maximum absolute atomic E-state index is 13.4. The zero-order chi connectivity index (χ0) is 20.1. The van der Waals surface area contributed by atoms with Gasteiger partial charge >= 0.3 is 0 Å². The SMILES string of the molecule is Cc1nc(Nc2cccc(F)c2)cc(C(=O)Nc2ccccc2OC(C)C)n1. The normalized spacial score (nSPS) is 10.6. The lowest BCUT2D eigenvalue weighted by molar-refractivity contribution is 0.102. The highest BCUT2D eigenvalue weighted by atomic mass is 19.1. The summed E-state index contributed by atoms with van der Waals surface area (Å²) in [6.45, 7) is 5.51. The smallest absolute Gasteiger partial charge is 0.274 e. The van der Waals surface area contributed by atoms with Crippen molar-refractivity contribution in [3.05, 3.63) is 71.9 Å². The highest BCUT2D eigenvalue weighted by Gasteiger charge is 2.14. The minimum Gasteiger partial charge on any atom is -0.489 e. The summed E-state index contributed by atoms with van der Waals surface area (Å²) in [5, 5.41) is 5.80. The number of para-hydroxylation sites is 2. The van der Waals surface area contributed by atoms with E-state index in [1.165, 1.54) is 18.2 Å². The molecule has 6 nitrogen and oxygen atoms in total. The van der Waals surface area contributed by atoms with Gasteiger partial charge in [0.15, 0.2) is 0 Å². The first kappa shape index (κ1) is 19.3. The van der Waals surface area contributed by atoms with Gasteiger partial charge in [-0.3, -0.25) is 4.79 Å². The van der Waals surface area contributed by atoms with E-state index in [9.17, 15) is 9.18 Å². The van der Waals surface area contributed by atoms with Crippen molar-refractivity contribution in [1.29, 1.82) is 0 Å². The summed E-state index contributed by atoms with van der Waals surface area (Å²) in [6.07, 6.45) is -0.0265. The molecule has 0 unspecified atom stereocenters. The van der Waals surface area contributed by atoms with Crippen LogP contribution in [-0.4, -0.2) is 22.0 Å². The number of nitrogens with zero attached hydrogens (tertiary/aromatic N) is 2. The molecule has 0 aliphatic rings. The molecule has 144 valence electrons. The number of amides is 1. The van der Waals surface area contributed by atoms with Crippen LogP contribution in [0.2, 0.25) is 0 Å². The summed E-state index contributed by atoms with van der Waals surface area (Å²) >= 11 is 0. The van der Waals surface area contributed by atoms with Gasteiger partial charge in [0.05, 0.1) is 11.8 Å². The van der Waals surface area contributed by atoms with E-state index >= 15 is 0 Å². The molecule has 3 rings (SSSR count). The Bertz CT molecular complexity index is 992. The van der Waals surface area contributed by atoms with Crippen molar-refractivity contribution in [3.8, 4) is 5.75 Å². The van der Waals surface area contributed by atoms with Gasteiger partial charge in [0.2, 0.25) is 0 Å². The minimum atomic E-state index is -0.396. The number of anilines is 3. The number of carbonyl (C=O) groups excluding carboxylic acids is 1. The number of hydrogen-bond acceptors (Lipinski definition) is 5. The lowest BCUT2D eigenvalue weighted by atomic mass is 10.2. The Morgan fingerprint density at radius 2 is 1.86 bits per heavy atom. The first-order valence-electron chi connectivity index (χ1n) is 8.86. The molecule has 0 saturated heterocycles. The molecule has 0 aliphatic heterocycles. The van der Waals surface area contributed by atoms with Crippen molar-refractivity contribution >= 4 is 23.1 Å². The molecule has 2 N–H and O–H groups in total. The van der Waals surface area contributed by atoms with Crippen molar-refractivity contribution in [2.45, 2.75) is 26.9 Å². The summed E-state index contributed by atoms with van der Waals surface area (Å²) in [6, 6.07) is 14.7. The molecular formula is C21H21FN4O2. The maximum atomic E-state index is 13.4. The fraction of sp³-hybridized carbons (Fsp3) is 0.190. The van der Waals surface area contributed by atoms with Crippen LogP contribution >= 0.6 is 0 Å². The molecule has 0 aliphatic carbocycles. The van der Waals surface area contributed by atoms with Crippen LogP contribution in [0.25, 0.3) is 0 Å². The van der Waals surface area contributed by atoms with Crippen LogP contribution in [0, 0.1) is 12.7 Å². The number of benzene rings is 2. The number of aromatic nitrogens is 2. The van der Waals surface area contributed by atoms with Gasteiger partial charge in [0, 0.05) is 11.8 Å². The molecular weight excluding hydrogens is 359 g/mol. The fourth-order valence-electron chi connectivity index (χ4n) is 2.58. The monoisotopic (exact) mass is 380 g/mol. The van der Waals surface area contributed by atoms with E-state index in [0.717, 1.165) is 0 Å². The summed E-state index contributed by atoms with van der Waals surface area (Å²) in [7, 11) is 0. The third-order valence-corrected chi connectivity index (χ3v) is 3.67. The third-order valence-electron chi connectivity index (χ3n) is 3.67. The van der Waals surface area contributed by atoms with E-state index in [4.69, 9.17) is 4.74 Å². The van der Waals surface area contributed by atoms with E-state index in [0.29, 0.717) is 28.8 Å². The van der Waals surface area contributed by atoms with Crippen LogP contribution in [0.3, 0.4) is 0 Å². The molecule has 0 saturated carbocycles. The lowest BCUT2D eigenvalue weighted by Crippen LogP contribution is -2.17. The highest BCUT2D eigenvalue weighted by molar-refractivity contribution is 6.04. The first-order valence-corrected chi connectivity index (χ1v) is 8.86. The van der Waals surface area contributed by atoms with Crippen molar-refractivity contribution in [2.75, 3.05) is 10.6 Å². The minimum absolute atomic E-state index is 0.0265. The van der Waals surface area contributed by atoms with E-state index in [2.05, 4.69) is 20.6 Å². The third kappa shape index (κ3) is 5.03. The van der Waals surface area contributed by atoms with Gasteiger partial charge in [-0.05, 0) is 51.1 Å². The molecule has 0 radical (unpaired) electrons. The Kier molecular flexibility index (Phi) is 5.84. The van der Waals surface area contributed by atoms with E-state index in [1.807, 2.05) is 26.0 Å². The average Bonchev–Trinajstić information content (AvgIpc) is 2.62. The topological polar surface area (TPSA) is 76.1 Å². The Morgan fingerprint density at radius 3 is 2.61 bits per heavy atom. The van der Waals surface area contributed by atoms with Gasteiger partial charge < -0.3 is 15.4 Å². The van der Waals surface area contributed by atoms with Crippen molar-refractivity contribution in [3.63, 3.8) is 0 Å². The molecule has 0 atom stereocenters. The molecule has 2 aromatic carbocycles. The quantitative estimate of drug-likeness (QED) is 0.648. The second kappa shape index (κ2) is 8.47. The zero-order valence-electron chi connectivity index (χ0n) is 15.9. The molecule has 28 heavy (non-hydrogen) atoms. The number of halogens is 1. The van der Waals surface area contributed by atoms with Crippen LogP contribution in [0.1, 0.15) is 30.2 Å². The second-order valence-electron chi connectivity index (χ2n) is 6.44. The van der Waals surface area contributed by atoms with E-state index in [-0.39, 0.29) is 17.6 Å². The number of carbonyl (C=O) groups is 1. The largest absolute Gasteiger partial charge is 0.489 e. The van der Waals surface area contributed by atoms with Crippen LogP contribution in [0.5, 0.6) is 5.75 Å². The summed E-state index contributed by atoms with van der Waals surface area (Å²) in [4.78, 5) is 21.2. The van der Waals surface area contributed by atoms with Crippen LogP contribution in [0.4, 0.5) is 21.6 Å². The Balaban J connectivity index is 1.82. The molecule has 1 amide bonds. The molecule has 3 aromatic rings. The summed E-state index contributed by atoms with van der Waals surface area (Å²) < 4.78 is 19.1. The van der Waals surface area contributed by atoms with Crippen molar-refractivity contribution in [2.24, 2.45) is 0 Å². The molecule has 7 heteroatoms. The zero-order valence-corrected chi connectivity index (χ0v) is 15.9. The molecule has 1 heterocycles. The predicted octanol–water partition coefficient (Wildman–Crippen LogP) is 4.71.